The van der Waals surface area contributed by atoms with E-state index in [0.29, 0.717) is 0 Å². The van der Waals surface area contributed by atoms with Crippen molar-refractivity contribution < 1.29 is 4.42 Å². The maximum Gasteiger partial charge on any atom is 0.160 e. The van der Waals surface area contributed by atoms with E-state index in [4.69, 9.17) is 9.40 Å². The van der Waals surface area contributed by atoms with Gasteiger partial charge in [-0.05, 0) is 53.6 Å². The van der Waals surface area contributed by atoms with Crippen molar-refractivity contribution >= 4 is 32.6 Å². The van der Waals surface area contributed by atoms with Crippen LogP contribution in [0, 0.1) is 6.92 Å². The first-order valence-corrected chi connectivity index (χ1v) is 9.99. The van der Waals surface area contributed by atoms with Crippen molar-refractivity contribution in [2.45, 2.75) is 6.92 Å². The van der Waals surface area contributed by atoms with Crippen molar-refractivity contribution in [1.29, 1.82) is 0 Å². The Bertz CT molecular complexity index is 1560. The number of aromatic nitrogens is 2. The molecule has 0 amide bonds. The summed E-state index contributed by atoms with van der Waals surface area (Å²) in [5.41, 5.74) is 7.21. The van der Waals surface area contributed by atoms with Crippen LogP contribution in [0.3, 0.4) is 0 Å². The largest absolute Gasteiger partial charge is 0.462 e. The van der Waals surface area contributed by atoms with E-state index in [1.807, 2.05) is 24.4 Å². The molecule has 0 fully saturated rings. The van der Waals surface area contributed by atoms with Crippen LogP contribution in [0.25, 0.3) is 55.0 Å². The molecule has 0 aliphatic carbocycles. The second-order valence-corrected chi connectivity index (χ2v) is 7.63. The zero-order valence-corrected chi connectivity index (χ0v) is 16.5. The van der Waals surface area contributed by atoms with Crippen LogP contribution < -0.4 is 0 Å². The predicted molar refractivity (Wildman–Crippen MR) is 122 cm³/mol. The van der Waals surface area contributed by atoms with Gasteiger partial charge in [-0.2, -0.15) is 0 Å². The molecule has 142 valence electrons. The Morgan fingerprint density at radius 3 is 2.50 bits per heavy atom. The summed E-state index contributed by atoms with van der Waals surface area (Å²) in [6.45, 7) is 2.12. The summed E-state index contributed by atoms with van der Waals surface area (Å²) in [6.07, 6.45) is 5.37. The highest BCUT2D eigenvalue weighted by Gasteiger charge is 2.16. The molecule has 0 radical (unpaired) electrons. The van der Waals surface area contributed by atoms with Crippen LogP contribution in [-0.2, 0) is 0 Å². The first-order chi connectivity index (χ1) is 14.8. The Balaban J connectivity index is 1.64. The minimum Gasteiger partial charge on any atom is -0.462 e. The highest BCUT2D eigenvalue weighted by atomic mass is 16.3. The summed E-state index contributed by atoms with van der Waals surface area (Å²) < 4.78 is 5.71. The van der Waals surface area contributed by atoms with Crippen molar-refractivity contribution in [3.63, 3.8) is 0 Å². The van der Waals surface area contributed by atoms with Gasteiger partial charge in [0, 0.05) is 34.3 Å². The number of rotatable bonds is 2. The standard InChI is InChI=1S/C27H18N2O/c1-17-6-7-19-15-20(9-8-18(19)14-17)22-4-2-11-28-25(22)24-16-21-10-13-30-27(21)26-23(24)5-3-12-29-26/h2-16H,1H3. The molecule has 3 heteroatoms. The van der Waals surface area contributed by atoms with Crippen LogP contribution in [0.1, 0.15) is 5.56 Å². The lowest BCUT2D eigenvalue weighted by molar-refractivity contribution is 0.618. The monoisotopic (exact) mass is 386 g/mol. The van der Waals surface area contributed by atoms with Crippen molar-refractivity contribution in [2.75, 3.05) is 0 Å². The van der Waals surface area contributed by atoms with E-state index >= 15 is 0 Å². The van der Waals surface area contributed by atoms with Crippen LogP contribution in [-0.4, -0.2) is 9.97 Å². The quantitative estimate of drug-likeness (QED) is 0.317. The minimum absolute atomic E-state index is 0.813. The summed E-state index contributed by atoms with van der Waals surface area (Å²) in [4.78, 5) is 9.40. The molecule has 3 heterocycles. The molecule has 0 saturated heterocycles. The number of aryl methyl sites for hydroxylation is 1. The first kappa shape index (κ1) is 16.9. The molecule has 0 aliphatic rings. The maximum absolute atomic E-state index is 5.71. The average Bonchev–Trinajstić information content (AvgIpc) is 3.27. The third-order valence-corrected chi connectivity index (χ3v) is 5.68. The number of fused-ring (bicyclic) bond motifs is 4. The van der Waals surface area contributed by atoms with Gasteiger partial charge in [0.2, 0.25) is 0 Å². The molecule has 0 atom stereocenters. The minimum atomic E-state index is 0.813. The van der Waals surface area contributed by atoms with E-state index in [0.717, 1.165) is 44.3 Å². The number of pyridine rings is 2. The molecule has 6 aromatic rings. The summed E-state index contributed by atoms with van der Waals surface area (Å²) in [5, 5.41) is 4.54. The molecule has 0 bridgehead atoms. The molecule has 0 unspecified atom stereocenters. The Hall–Kier alpha value is -3.98. The van der Waals surface area contributed by atoms with Gasteiger partial charge in [0.25, 0.3) is 0 Å². The molecular formula is C27H18N2O. The fourth-order valence-electron chi connectivity index (χ4n) is 4.24. The number of furan rings is 1. The molecule has 3 nitrogen and oxygen atoms in total. The van der Waals surface area contributed by atoms with E-state index in [-0.39, 0.29) is 0 Å². The third kappa shape index (κ3) is 2.60. The zero-order chi connectivity index (χ0) is 20.1. The fraction of sp³-hybridized carbons (Fsp3) is 0.0370. The van der Waals surface area contributed by atoms with Crippen LogP contribution in [0.2, 0.25) is 0 Å². The maximum atomic E-state index is 5.71. The summed E-state index contributed by atoms with van der Waals surface area (Å²) in [5.74, 6) is 0. The molecule has 30 heavy (non-hydrogen) atoms. The van der Waals surface area contributed by atoms with Gasteiger partial charge in [-0.15, -0.1) is 0 Å². The summed E-state index contributed by atoms with van der Waals surface area (Å²) >= 11 is 0. The van der Waals surface area contributed by atoms with Crippen LogP contribution in [0.4, 0.5) is 0 Å². The highest BCUT2D eigenvalue weighted by molar-refractivity contribution is 6.10. The van der Waals surface area contributed by atoms with Gasteiger partial charge in [-0.25, -0.2) is 0 Å². The smallest absolute Gasteiger partial charge is 0.160 e. The van der Waals surface area contributed by atoms with Gasteiger partial charge < -0.3 is 4.42 Å². The lowest BCUT2D eigenvalue weighted by Crippen LogP contribution is -1.92. The number of hydrogen-bond donors (Lipinski definition) is 0. The average molecular weight is 386 g/mol. The van der Waals surface area contributed by atoms with Crippen LogP contribution in [0.5, 0.6) is 0 Å². The lowest BCUT2D eigenvalue weighted by atomic mass is 9.94. The summed E-state index contributed by atoms with van der Waals surface area (Å²) in [7, 11) is 0. The van der Waals surface area contributed by atoms with Gasteiger partial charge >= 0.3 is 0 Å². The number of hydrogen-bond acceptors (Lipinski definition) is 3. The highest BCUT2D eigenvalue weighted by Crippen LogP contribution is 2.38. The molecule has 3 aromatic heterocycles. The van der Waals surface area contributed by atoms with E-state index < -0.39 is 0 Å². The molecule has 0 N–H and O–H groups in total. The molecule has 3 aromatic carbocycles. The Kier molecular flexibility index (Phi) is 3.68. The van der Waals surface area contributed by atoms with Gasteiger partial charge in [0.05, 0.1) is 12.0 Å². The Labute approximate surface area is 173 Å². The fourth-order valence-corrected chi connectivity index (χ4v) is 4.24. The molecule has 6 rings (SSSR count). The molecule has 0 aliphatic heterocycles. The number of benzene rings is 3. The molecule has 0 spiro atoms. The van der Waals surface area contributed by atoms with Crippen LogP contribution in [0.15, 0.2) is 95.9 Å². The van der Waals surface area contributed by atoms with Crippen molar-refractivity contribution in [1.82, 2.24) is 9.97 Å². The van der Waals surface area contributed by atoms with E-state index in [9.17, 15) is 0 Å². The van der Waals surface area contributed by atoms with Gasteiger partial charge in [0.15, 0.2) is 5.58 Å². The van der Waals surface area contributed by atoms with Crippen molar-refractivity contribution in [3.8, 4) is 22.4 Å². The third-order valence-electron chi connectivity index (χ3n) is 5.68. The van der Waals surface area contributed by atoms with Crippen molar-refractivity contribution in [2.24, 2.45) is 0 Å². The molecule has 0 saturated carbocycles. The topological polar surface area (TPSA) is 38.9 Å². The first-order valence-electron chi connectivity index (χ1n) is 9.99. The molecular weight excluding hydrogens is 368 g/mol. The van der Waals surface area contributed by atoms with E-state index in [2.05, 4.69) is 66.5 Å². The second kappa shape index (κ2) is 6.53. The van der Waals surface area contributed by atoms with Gasteiger partial charge in [0.1, 0.15) is 5.52 Å². The SMILES string of the molecule is Cc1ccc2cc(-c3cccnc3-c3cc4ccoc4c4ncccc34)ccc2c1. The van der Waals surface area contributed by atoms with E-state index in [1.54, 1.807) is 12.5 Å². The van der Waals surface area contributed by atoms with Gasteiger partial charge in [-0.3, -0.25) is 9.97 Å². The number of nitrogens with zero attached hydrogens (tertiary/aromatic N) is 2. The normalized spacial score (nSPS) is 11.5. The Morgan fingerprint density at radius 2 is 1.53 bits per heavy atom. The van der Waals surface area contributed by atoms with Crippen LogP contribution >= 0.6 is 0 Å². The predicted octanol–water partition coefficient (Wildman–Crippen LogP) is 7.17. The zero-order valence-electron chi connectivity index (χ0n) is 16.5. The Morgan fingerprint density at radius 1 is 0.700 bits per heavy atom. The van der Waals surface area contributed by atoms with Gasteiger partial charge in [-0.1, -0.05) is 48.0 Å². The van der Waals surface area contributed by atoms with E-state index in [1.165, 1.54) is 16.3 Å². The van der Waals surface area contributed by atoms with Crippen molar-refractivity contribution in [3.05, 3.63) is 97.0 Å². The lowest BCUT2D eigenvalue weighted by Gasteiger charge is -2.12. The second-order valence-electron chi connectivity index (χ2n) is 7.63. The summed E-state index contributed by atoms with van der Waals surface area (Å²) in [6, 6.07) is 25.5.